The summed E-state index contributed by atoms with van der Waals surface area (Å²) in [5, 5.41) is 7.11. The van der Waals surface area contributed by atoms with E-state index in [1.54, 1.807) is 6.92 Å². The number of benzene rings is 1. The average Bonchev–Trinajstić information content (AvgIpc) is 2.84. The van der Waals surface area contributed by atoms with Gasteiger partial charge in [0.25, 0.3) is 0 Å². The number of amides is 1. The molecular weight excluding hydrogens is 244 g/mol. The molecule has 1 amide bonds. The normalized spacial score (nSPS) is 18.8. The second kappa shape index (κ2) is 6.81. The first-order valence-corrected chi connectivity index (χ1v) is 7.48. The van der Waals surface area contributed by atoms with E-state index in [4.69, 9.17) is 0 Å². The van der Waals surface area contributed by atoms with Crippen LogP contribution >= 0.6 is 11.8 Å². The summed E-state index contributed by atoms with van der Waals surface area (Å²) >= 11 is 2.06. The molecule has 1 atom stereocenters. The summed E-state index contributed by atoms with van der Waals surface area (Å²) in [6, 6.07) is 7.96. The van der Waals surface area contributed by atoms with Crippen LogP contribution in [0.25, 0.3) is 0 Å². The minimum Gasteiger partial charge on any atom is -0.326 e. The SMILES string of the molecule is CC(=O)Nc1ccccc1CNCC1CCCS1. The maximum Gasteiger partial charge on any atom is 0.221 e. The molecule has 1 unspecified atom stereocenters. The third kappa shape index (κ3) is 4.03. The van der Waals surface area contributed by atoms with Gasteiger partial charge in [-0.15, -0.1) is 0 Å². The van der Waals surface area contributed by atoms with E-state index in [0.717, 1.165) is 29.6 Å². The number of para-hydroxylation sites is 1. The summed E-state index contributed by atoms with van der Waals surface area (Å²) < 4.78 is 0. The van der Waals surface area contributed by atoms with Gasteiger partial charge in [0, 0.05) is 31.0 Å². The Morgan fingerprint density at radius 3 is 3.00 bits per heavy atom. The molecule has 4 heteroatoms. The Morgan fingerprint density at radius 2 is 2.28 bits per heavy atom. The van der Waals surface area contributed by atoms with Gasteiger partial charge in [-0.2, -0.15) is 11.8 Å². The van der Waals surface area contributed by atoms with Crippen LogP contribution in [-0.4, -0.2) is 23.5 Å². The highest BCUT2D eigenvalue weighted by Gasteiger charge is 2.14. The van der Waals surface area contributed by atoms with Gasteiger partial charge in [-0.1, -0.05) is 18.2 Å². The smallest absolute Gasteiger partial charge is 0.221 e. The van der Waals surface area contributed by atoms with E-state index in [-0.39, 0.29) is 5.91 Å². The molecule has 1 saturated heterocycles. The van der Waals surface area contributed by atoms with Crippen LogP contribution in [0.5, 0.6) is 0 Å². The first-order valence-electron chi connectivity index (χ1n) is 6.43. The predicted octanol–water partition coefficient (Wildman–Crippen LogP) is 2.63. The molecule has 1 aliphatic heterocycles. The summed E-state index contributed by atoms with van der Waals surface area (Å²) in [6.45, 7) is 3.41. The monoisotopic (exact) mass is 264 g/mol. The van der Waals surface area contributed by atoms with E-state index >= 15 is 0 Å². The summed E-state index contributed by atoms with van der Waals surface area (Å²) in [5.74, 6) is 1.28. The molecule has 1 heterocycles. The molecule has 0 saturated carbocycles. The molecule has 1 aromatic rings. The van der Waals surface area contributed by atoms with Crippen LogP contribution in [0.1, 0.15) is 25.3 Å². The second-order valence-corrected chi connectivity index (χ2v) is 6.01. The van der Waals surface area contributed by atoms with E-state index in [0.29, 0.717) is 0 Å². The van der Waals surface area contributed by atoms with Crippen LogP contribution in [0.15, 0.2) is 24.3 Å². The third-order valence-corrected chi connectivity index (χ3v) is 4.44. The number of nitrogens with one attached hydrogen (secondary N) is 2. The lowest BCUT2D eigenvalue weighted by Gasteiger charge is -2.13. The van der Waals surface area contributed by atoms with E-state index in [2.05, 4.69) is 28.5 Å². The summed E-state index contributed by atoms with van der Waals surface area (Å²) in [4.78, 5) is 11.1. The van der Waals surface area contributed by atoms with Crippen molar-refractivity contribution in [2.45, 2.75) is 31.6 Å². The van der Waals surface area contributed by atoms with Crippen molar-refractivity contribution in [1.82, 2.24) is 5.32 Å². The first-order chi connectivity index (χ1) is 8.75. The highest BCUT2D eigenvalue weighted by molar-refractivity contribution is 8.00. The molecule has 2 N–H and O–H groups in total. The maximum absolute atomic E-state index is 11.1. The predicted molar refractivity (Wildman–Crippen MR) is 77.9 cm³/mol. The van der Waals surface area contributed by atoms with Crippen molar-refractivity contribution < 1.29 is 4.79 Å². The van der Waals surface area contributed by atoms with Crippen molar-refractivity contribution in [2.75, 3.05) is 17.6 Å². The average molecular weight is 264 g/mol. The Bertz CT molecular complexity index is 403. The van der Waals surface area contributed by atoms with E-state index in [1.807, 2.05) is 18.2 Å². The number of rotatable bonds is 5. The van der Waals surface area contributed by atoms with Crippen LogP contribution < -0.4 is 10.6 Å². The Morgan fingerprint density at radius 1 is 1.44 bits per heavy atom. The van der Waals surface area contributed by atoms with Crippen LogP contribution in [0.2, 0.25) is 0 Å². The Balaban J connectivity index is 1.85. The zero-order chi connectivity index (χ0) is 12.8. The van der Waals surface area contributed by atoms with Crippen molar-refractivity contribution in [2.24, 2.45) is 0 Å². The number of hydrogen-bond donors (Lipinski definition) is 2. The van der Waals surface area contributed by atoms with E-state index in [9.17, 15) is 4.79 Å². The molecule has 2 rings (SSSR count). The first kappa shape index (κ1) is 13.4. The fourth-order valence-electron chi connectivity index (χ4n) is 2.16. The number of carbonyl (C=O) groups excluding carboxylic acids is 1. The van der Waals surface area contributed by atoms with Crippen molar-refractivity contribution >= 4 is 23.4 Å². The zero-order valence-corrected chi connectivity index (χ0v) is 11.6. The molecule has 1 fully saturated rings. The fraction of sp³-hybridized carbons (Fsp3) is 0.500. The molecule has 0 spiro atoms. The Kier molecular flexibility index (Phi) is 5.08. The molecule has 3 nitrogen and oxygen atoms in total. The van der Waals surface area contributed by atoms with Gasteiger partial charge >= 0.3 is 0 Å². The van der Waals surface area contributed by atoms with Gasteiger partial charge in [0.15, 0.2) is 0 Å². The lowest BCUT2D eigenvalue weighted by molar-refractivity contribution is -0.114. The van der Waals surface area contributed by atoms with Gasteiger partial charge in [-0.05, 0) is 30.2 Å². The maximum atomic E-state index is 11.1. The summed E-state index contributed by atoms with van der Waals surface area (Å²) in [6.07, 6.45) is 2.67. The lowest BCUT2D eigenvalue weighted by Crippen LogP contribution is -2.23. The Hall–Kier alpha value is -1.00. The molecule has 1 aliphatic rings. The quantitative estimate of drug-likeness (QED) is 0.859. The minimum atomic E-state index is -0.0196. The molecule has 98 valence electrons. The van der Waals surface area contributed by atoms with Crippen LogP contribution in [0.4, 0.5) is 5.69 Å². The largest absolute Gasteiger partial charge is 0.326 e. The summed E-state index contributed by atoms with van der Waals surface area (Å²) in [5.41, 5.74) is 2.06. The van der Waals surface area contributed by atoms with E-state index < -0.39 is 0 Å². The molecule has 0 aliphatic carbocycles. The van der Waals surface area contributed by atoms with Gasteiger partial charge in [-0.25, -0.2) is 0 Å². The molecule has 0 radical (unpaired) electrons. The highest BCUT2D eigenvalue weighted by Crippen LogP contribution is 2.25. The number of thioether (sulfide) groups is 1. The molecule has 0 aromatic heterocycles. The van der Waals surface area contributed by atoms with Gasteiger partial charge in [-0.3, -0.25) is 4.79 Å². The van der Waals surface area contributed by atoms with Crippen molar-refractivity contribution in [3.8, 4) is 0 Å². The third-order valence-electron chi connectivity index (χ3n) is 3.04. The Labute approximate surface area is 113 Å². The molecule has 18 heavy (non-hydrogen) atoms. The highest BCUT2D eigenvalue weighted by atomic mass is 32.2. The van der Waals surface area contributed by atoms with Crippen molar-refractivity contribution in [1.29, 1.82) is 0 Å². The number of hydrogen-bond acceptors (Lipinski definition) is 3. The number of anilines is 1. The van der Waals surface area contributed by atoms with Crippen LogP contribution in [0, 0.1) is 0 Å². The lowest BCUT2D eigenvalue weighted by atomic mass is 10.1. The standard InChI is InChI=1S/C14H20N2OS/c1-11(17)16-14-7-3-2-5-12(14)9-15-10-13-6-4-8-18-13/h2-3,5,7,13,15H,4,6,8-10H2,1H3,(H,16,17). The van der Waals surface area contributed by atoms with E-state index in [1.165, 1.54) is 18.6 Å². The molecule has 1 aromatic carbocycles. The number of carbonyl (C=O) groups is 1. The zero-order valence-electron chi connectivity index (χ0n) is 10.7. The topological polar surface area (TPSA) is 41.1 Å². The van der Waals surface area contributed by atoms with Gasteiger partial charge in [0.05, 0.1) is 0 Å². The van der Waals surface area contributed by atoms with Crippen molar-refractivity contribution in [3.63, 3.8) is 0 Å². The van der Waals surface area contributed by atoms with Gasteiger partial charge in [0.1, 0.15) is 0 Å². The minimum absolute atomic E-state index is 0.0196. The van der Waals surface area contributed by atoms with Crippen LogP contribution in [-0.2, 0) is 11.3 Å². The van der Waals surface area contributed by atoms with Gasteiger partial charge < -0.3 is 10.6 Å². The molecule has 0 bridgehead atoms. The fourth-order valence-corrected chi connectivity index (χ4v) is 3.39. The van der Waals surface area contributed by atoms with Gasteiger partial charge in [0.2, 0.25) is 5.91 Å². The summed E-state index contributed by atoms with van der Waals surface area (Å²) in [7, 11) is 0. The molecular formula is C14H20N2OS. The van der Waals surface area contributed by atoms with Crippen LogP contribution in [0.3, 0.4) is 0 Å². The second-order valence-electron chi connectivity index (χ2n) is 4.60. The van der Waals surface area contributed by atoms with Crippen molar-refractivity contribution in [3.05, 3.63) is 29.8 Å².